The van der Waals surface area contributed by atoms with Crippen LogP contribution in [0.2, 0.25) is 0 Å². The van der Waals surface area contributed by atoms with E-state index in [1.807, 2.05) is 6.92 Å². The predicted molar refractivity (Wildman–Crippen MR) is 34.8 cm³/mol. The molecule has 2 nitrogen and oxygen atoms in total. The molecule has 0 aromatic rings. The minimum Gasteiger partial charge on any atom is -0.473 e. The van der Waals surface area contributed by atoms with Gasteiger partial charge in [0.2, 0.25) is 0 Å². The Kier molecular flexibility index (Phi) is 0.977. The van der Waals surface area contributed by atoms with Crippen LogP contribution < -0.4 is 0 Å². The fourth-order valence-electron chi connectivity index (χ4n) is 0.671. The van der Waals surface area contributed by atoms with Gasteiger partial charge in [-0.2, -0.15) is 0 Å². The number of allylic oxidation sites excluding steroid dienone is 1. The maximum atomic E-state index is 7.56. The van der Waals surface area contributed by atoms with Crippen molar-refractivity contribution in [3.8, 4) is 0 Å². The molecule has 1 aliphatic rings. The summed E-state index contributed by atoms with van der Waals surface area (Å²) in [7, 11) is -2.51. The zero-order chi connectivity index (χ0) is 10.1. The van der Waals surface area contributed by atoms with Crippen LogP contribution in [0.3, 0.4) is 0 Å². The Hall–Kier alpha value is -0.500. The average molecular weight is 132 g/mol. The SMILES string of the molecule is [2H]C1C(C)C=COC1OC([2H])([2H])[2H]. The zero-order valence-electron chi connectivity index (χ0n) is 9.20. The molecule has 0 aromatic carbocycles. The number of ether oxygens (including phenoxy) is 2. The Morgan fingerprint density at radius 3 is 3.67 bits per heavy atom. The standard InChI is InChI=1S/C7H12O2/c1-6-3-4-9-7(5-6)8-2/h3-4,6-7H,5H2,1-2H3/i2D3,5D. The second kappa shape index (κ2) is 2.87. The van der Waals surface area contributed by atoms with Gasteiger partial charge in [0, 0.05) is 14.8 Å². The molecule has 0 aromatic heterocycles. The lowest BCUT2D eigenvalue weighted by Gasteiger charge is -2.21. The van der Waals surface area contributed by atoms with Crippen molar-refractivity contribution >= 4 is 0 Å². The van der Waals surface area contributed by atoms with Crippen molar-refractivity contribution in [2.45, 2.75) is 19.6 Å². The maximum absolute atomic E-state index is 7.56. The Morgan fingerprint density at radius 1 is 2.00 bits per heavy atom. The fourth-order valence-corrected chi connectivity index (χ4v) is 0.671. The molecule has 1 heterocycles. The molecule has 3 atom stereocenters. The lowest BCUT2D eigenvalue weighted by Crippen LogP contribution is -2.18. The highest BCUT2D eigenvalue weighted by Crippen LogP contribution is 2.16. The topological polar surface area (TPSA) is 18.5 Å². The third-order valence-electron chi connectivity index (χ3n) is 1.17. The number of hydrogen-bond acceptors (Lipinski definition) is 2. The quantitative estimate of drug-likeness (QED) is 0.538. The van der Waals surface area contributed by atoms with Gasteiger partial charge in [-0.25, -0.2) is 0 Å². The van der Waals surface area contributed by atoms with Crippen molar-refractivity contribution in [1.82, 2.24) is 0 Å². The summed E-state index contributed by atoms with van der Waals surface area (Å²) in [6.45, 7) is 1.81. The fraction of sp³-hybridized carbons (Fsp3) is 0.714. The van der Waals surface area contributed by atoms with Crippen molar-refractivity contribution < 1.29 is 15.0 Å². The minimum absolute atomic E-state index is 0.0545. The molecule has 0 fully saturated rings. The number of methoxy groups -OCH3 is 1. The number of rotatable bonds is 1. The third-order valence-corrected chi connectivity index (χ3v) is 1.17. The third kappa shape index (κ3) is 1.72. The van der Waals surface area contributed by atoms with Crippen LogP contribution in [0.15, 0.2) is 12.3 Å². The van der Waals surface area contributed by atoms with E-state index in [2.05, 4.69) is 4.74 Å². The van der Waals surface area contributed by atoms with Gasteiger partial charge in [0.15, 0.2) is 6.29 Å². The highest BCUT2D eigenvalue weighted by molar-refractivity contribution is 4.85. The smallest absolute Gasteiger partial charge is 0.199 e. The molecule has 1 rings (SSSR count). The van der Waals surface area contributed by atoms with Crippen molar-refractivity contribution in [2.24, 2.45) is 5.92 Å². The van der Waals surface area contributed by atoms with E-state index in [0.717, 1.165) is 0 Å². The zero-order valence-corrected chi connectivity index (χ0v) is 5.20. The van der Waals surface area contributed by atoms with E-state index >= 15 is 0 Å². The second-order valence-corrected chi connectivity index (χ2v) is 2.00. The van der Waals surface area contributed by atoms with Crippen molar-refractivity contribution in [2.75, 3.05) is 7.04 Å². The Labute approximate surface area is 61.1 Å². The van der Waals surface area contributed by atoms with Crippen molar-refractivity contribution in [3.63, 3.8) is 0 Å². The van der Waals surface area contributed by atoms with Crippen LogP contribution in [0, 0.1) is 5.92 Å². The molecule has 3 unspecified atom stereocenters. The van der Waals surface area contributed by atoms with Gasteiger partial charge in [-0.15, -0.1) is 0 Å². The van der Waals surface area contributed by atoms with Crippen LogP contribution in [-0.2, 0) is 9.47 Å². The van der Waals surface area contributed by atoms with Gasteiger partial charge >= 0.3 is 0 Å². The molecule has 1 aliphatic heterocycles. The van der Waals surface area contributed by atoms with E-state index < -0.39 is 19.7 Å². The first-order chi connectivity index (χ1) is 5.90. The minimum atomic E-state index is -2.51. The van der Waals surface area contributed by atoms with E-state index in [9.17, 15) is 0 Å². The highest BCUT2D eigenvalue weighted by atomic mass is 16.7. The second-order valence-electron chi connectivity index (χ2n) is 2.00. The van der Waals surface area contributed by atoms with E-state index in [1.54, 1.807) is 6.08 Å². The first-order valence-electron chi connectivity index (χ1n) is 4.90. The molecule has 0 saturated heterocycles. The van der Waals surface area contributed by atoms with Crippen LogP contribution in [0.25, 0.3) is 0 Å². The van der Waals surface area contributed by atoms with E-state index in [-0.39, 0.29) is 5.92 Å². The molecule has 0 bridgehead atoms. The van der Waals surface area contributed by atoms with E-state index in [1.165, 1.54) is 6.26 Å². The van der Waals surface area contributed by atoms with Crippen molar-refractivity contribution in [1.29, 1.82) is 0 Å². The summed E-state index contributed by atoms with van der Waals surface area (Å²) in [6.07, 6.45) is 1.40. The van der Waals surface area contributed by atoms with Gasteiger partial charge in [0.1, 0.15) is 0 Å². The normalized spacial score (nSPS) is 50.1. The van der Waals surface area contributed by atoms with E-state index in [0.29, 0.717) is 0 Å². The molecule has 0 amide bonds. The summed E-state index contributed by atoms with van der Waals surface area (Å²) in [5, 5.41) is 0. The molecule has 0 saturated carbocycles. The average Bonchev–Trinajstić information content (AvgIpc) is 1.96. The molecule has 9 heavy (non-hydrogen) atoms. The molecular weight excluding hydrogens is 116 g/mol. The summed E-state index contributed by atoms with van der Waals surface area (Å²) < 4.78 is 37.6. The molecule has 0 N–H and O–H groups in total. The highest BCUT2D eigenvalue weighted by Gasteiger charge is 2.13. The summed E-state index contributed by atoms with van der Waals surface area (Å²) >= 11 is 0. The van der Waals surface area contributed by atoms with Crippen LogP contribution in [-0.4, -0.2) is 13.3 Å². The lowest BCUT2D eigenvalue weighted by atomic mass is 10.1. The van der Waals surface area contributed by atoms with Crippen LogP contribution in [0.4, 0.5) is 0 Å². The van der Waals surface area contributed by atoms with Gasteiger partial charge in [0.25, 0.3) is 0 Å². The van der Waals surface area contributed by atoms with Crippen molar-refractivity contribution in [3.05, 3.63) is 12.3 Å². The first-order valence-corrected chi connectivity index (χ1v) is 2.82. The van der Waals surface area contributed by atoms with Gasteiger partial charge in [-0.05, 0) is 12.0 Å². The summed E-state index contributed by atoms with van der Waals surface area (Å²) in [6, 6.07) is 0. The predicted octanol–water partition coefficient (Wildman–Crippen LogP) is 1.53. The Bertz CT molecular complexity index is 201. The summed E-state index contributed by atoms with van der Waals surface area (Å²) in [4.78, 5) is 0. The molecule has 0 aliphatic carbocycles. The molecular formula is C7H12O2. The molecule has 2 heteroatoms. The van der Waals surface area contributed by atoms with Gasteiger partial charge in [-0.1, -0.05) is 6.92 Å². The number of hydrogen-bond donors (Lipinski definition) is 0. The largest absolute Gasteiger partial charge is 0.473 e. The van der Waals surface area contributed by atoms with Gasteiger partial charge in [-0.3, -0.25) is 0 Å². The summed E-state index contributed by atoms with van der Waals surface area (Å²) in [5.41, 5.74) is 0. The Balaban J connectivity index is 2.56. The van der Waals surface area contributed by atoms with Crippen LogP contribution >= 0.6 is 0 Å². The first kappa shape index (κ1) is 3.06. The van der Waals surface area contributed by atoms with Gasteiger partial charge < -0.3 is 9.47 Å². The molecule has 0 spiro atoms. The lowest BCUT2D eigenvalue weighted by molar-refractivity contribution is -0.0993. The van der Waals surface area contributed by atoms with E-state index in [4.69, 9.17) is 10.2 Å². The molecule has 52 valence electrons. The van der Waals surface area contributed by atoms with Gasteiger partial charge in [0.05, 0.1) is 10.4 Å². The molecule has 0 radical (unpaired) electrons. The summed E-state index contributed by atoms with van der Waals surface area (Å²) in [5.74, 6) is -0.0545. The maximum Gasteiger partial charge on any atom is 0.199 e. The van der Waals surface area contributed by atoms with Crippen LogP contribution in [0.5, 0.6) is 0 Å². The Morgan fingerprint density at radius 2 is 2.89 bits per heavy atom. The van der Waals surface area contributed by atoms with Crippen LogP contribution in [0.1, 0.15) is 18.8 Å². The monoisotopic (exact) mass is 132 g/mol.